The highest BCUT2D eigenvalue weighted by Gasteiger charge is 2.28. The third-order valence-corrected chi connectivity index (χ3v) is 7.76. The number of benzene rings is 2. The third-order valence-electron chi connectivity index (χ3n) is 6.04. The molecule has 15 heteroatoms. The fourth-order valence-electron chi connectivity index (χ4n) is 3.83. The zero-order valence-electron chi connectivity index (χ0n) is 21.8. The van der Waals surface area contributed by atoms with Gasteiger partial charge in [0.1, 0.15) is 17.8 Å². The summed E-state index contributed by atoms with van der Waals surface area (Å²) in [6, 6.07) is 7.38. The maximum atomic E-state index is 15.5. The van der Waals surface area contributed by atoms with Crippen molar-refractivity contribution in [2.75, 3.05) is 26.5 Å². The first-order chi connectivity index (χ1) is 19.4. The van der Waals surface area contributed by atoms with Gasteiger partial charge in [0, 0.05) is 23.9 Å². The normalized spacial score (nSPS) is 15.1. The number of ether oxygens (including phenoxy) is 3. The van der Waals surface area contributed by atoms with Gasteiger partial charge in [0.05, 0.1) is 30.4 Å². The Bertz CT molecular complexity index is 1650. The van der Waals surface area contributed by atoms with Gasteiger partial charge < -0.3 is 25.1 Å². The molecule has 1 unspecified atom stereocenters. The molecule has 0 amide bonds. The number of hydrogen-bond donors (Lipinski definition) is 3. The number of nitrogens with zero attached hydrogens (tertiary/aromatic N) is 3. The van der Waals surface area contributed by atoms with Gasteiger partial charge in [-0.2, -0.15) is 4.39 Å². The van der Waals surface area contributed by atoms with Gasteiger partial charge >= 0.3 is 5.97 Å². The van der Waals surface area contributed by atoms with Crippen molar-refractivity contribution in [3.8, 4) is 28.9 Å². The van der Waals surface area contributed by atoms with Crippen molar-refractivity contribution < 1.29 is 41.3 Å². The van der Waals surface area contributed by atoms with Crippen LogP contribution >= 0.6 is 0 Å². The van der Waals surface area contributed by atoms with Gasteiger partial charge in [0.25, 0.3) is 5.88 Å². The Hall–Kier alpha value is -4.63. The summed E-state index contributed by atoms with van der Waals surface area (Å²) in [5, 5.41) is 17.6. The van der Waals surface area contributed by atoms with Crippen LogP contribution < -0.4 is 15.2 Å². The van der Waals surface area contributed by atoms with Crippen molar-refractivity contribution in [1.82, 2.24) is 9.88 Å². The zero-order valence-corrected chi connectivity index (χ0v) is 22.6. The highest BCUT2D eigenvalue weighted by atomic mass is 32.2. The van der Waals surface area contributed by atoms with Gasteiger partial charge in [-0.05, 0) is 43.4 Å². The predicted molar refractivity (Wildman–Crippen MR) is 142 cm³/mol. The number of carbonyl (C=O) groups is 1. The van der Waals surface area contributed by atoms with Crippen LogP contribution in [-0.4, -0.2) is 67.9 Å². The Morgan fingerprint density at radius 2 is 1.95 bits per heavy atom. The molecule has 1 aliphatic heterocycles. The molecule has 2 aromatic carbocycles. The summed E-state index contributed by atoms with van der Waals surface area (Å²) in [7, 11) is -1.09. The van der Waals surface area contributed by atoms with E-state index in [1.807, 2.05) is 0 Å². The quantitative estimate of drug-likeness (QED) is 0.181. The lowest BCUT2D eigenvalue weighted by molar-refractivity contribution is -0.140. The van der Waals surface area contributed by atoms with E-state index in [9.17, 15) is 22.7 Å². The number of amidine groups is 1. The molecule has 0 saturated heterocycles. The highest BCUT2D eigenvalue weighted by Crippen LogP contribution is 2.40. The second-order valence-corrected chi connectivity index (χ2v) is 11.0. The number of rotatable bonds is 10. The van der Waals surface area contributed by atoms with E-state index in [2.05, 4.69) is 14.7 Å². The Morgan fingerprint density at radius 1 is 1.20 bits per heavy atom. The maximum Gasteiger partial charge on any atom is 0.306 e. The van der Waals surface area contributed by atoms with Crippen LogP contribution in [0.15, 0.2) is 52.5 Å². The molecule has 0 fully saturated rings. The Kier molecular flexibility index (Phi) is 8.49. The van der Waals surface area contributed by atoms with Crippen LogP contribution in [0.5, 0.6) is 28.9 Å². The van der Waals surface area contributed by atoms with Crippen molar-refractivity contribution in [3.05, 3.63) is 65.4 Å². The number of nitrogens with two attached hydrogens (primary N) is 1. The first-order valence-corrected chi connectivity index (χ1v) is 13.6. The van der Waals surface area contributed by atoms with Crippen LogP contribution in [0.3, 0.4) is 0 Å². The lowest BCUT2D eigenvalue weighted by Crippen LogP contribution is -2.20. The van der Waals surface area contributed by atoms with Crippen LogP contribution in [0.1, 0.15) is 23.7 Å². The smallest absolute Gasteiger partial charge is 0.306 e. The fourth-order valence-corrected chi connectivity index (χ4v) is 5.09. The van der Waals surface area contributed by atoms with Crippen LogP contribution in [0.4, 0.5) is 8.78 Å². The molecule has 1 aromatic heterocycles. The van der Waals surface area contributed by atoms with E-state index >= 15 is 4.39 Å². The highest BCUT2D eigenvalue weighted by molar-refractivity contribution is 7.91. The van der Waals surface area contributed by atoms with Crippen LogP contribution in [0, 0.1) is 17.0 Å². The zero-order chi connectivity index (χ0) is 29.9. The molecule has 0 aliphatic carbocycles. The molecule has 1 atom stereocenters. The molecule has 0 spiro atoms. The number of nitrogen functional groups attached to an aromatic ring is 1. The van der Waals surface area contributed by atoms with E-state index < -0.39 is 56.7 Å². The van der Waals surface area contributed by atoms with Gasteiger partial charge in [0.15, 0.2) is 27.2 Å². The Labute approximate surface area is 233 Å². The lowest BCUT2D eigenvalue weighted by atomic mass is 10.1. The molecule has 0 saturated carbocycles. The number of nitrogens with one attached hydrogen (secondary N) is 1. The summed E-state index contributed by atoms with van der Waals surface area (Å²) >= 11 is 0. The van der Waals surface area contributed by atoms with Crippen molar-refractivity contribution in [1.29, 1.82) is 5.41 Å². The molecule has 3 aromatic rings. The van der Waals surface area contributed by atoms with E-state index in [1.54, 1.807) is 18.2 Å². The SMILES string of the molecule is COC(=O)CCS(=O)(=O)c1ccc(Oc2c(F)cnc(Oc3cc(C(=N)N)ccc3O)c2F)c(C2N=CCN2C)c1. The number of carbonyl (C=O) groups excluding carboxylic acids is 1. The van der Waals surface area contributed by atoms with Gasteiger partial charge in [-0.1, -0.05) is 0 Å². The summed E-state index contributed by atoms with van der Waals surface area (Å²) < 4.78 is 71.6. The lowest BCUT2D eigenvalue weighted by Gasteiger charge is -2.22. The van der Waals surface area contributed by atoms with Crippen molar-refractivity contribution in [2.45, 2.75) is 17.5 Å². The number of sulfone groups is 1. The van der Waals surface area contributed by atoms with Crippen LogP contribution in [-0.2, 0) is 19.4 Å². The molecule has 1 aliphatic rings. The average Bonchev–Trinajstić information content (AvgIpc) is 3.37. The number of pyridine rings is 1. The summed E-state index contributed by atoms with van der Waals surface area (Å²) in [6.07, 6.45) is 1.13. The van der Waals surface area contributed by atoms with E-state index in [4.69, 9.17) is 20.6 Å². The van der Waals surface area contributed by atoms with E-state index in [0.29, 0.717) is 12.7 Å². The van der Waals surface area contributed by atoms with Crippen LogP contribution in [0.25, 0.3) is 0 Å². The number of phenolic OH excluding ortho intramolecular Hbond substituents is 1. The minimum atomic E-state index is -3.95. The minimum Gasteiger partial charge on any atom is -0.504 e. The Morgan fingerprint density at radius 3 is 2.61 bits per heavy atom. The van der Waals surface area contributed by atoms with Gasteiger partial charge in [-0.15, -0.1) is 0 Å². The van der Waals surface area contributed by atoms with Crippen LogP contribution in [0.2, 0.25) is 0 Å². The first-order valence-electron chi connectivity index (χ1n) is 11.9. The minimum absolute atomic E-state index is 0.107. The number of phenols is 1. The average molecular weight is 590 g/mol. The number of hydrogen-bond acceptors (Lipinski definition) is 11. The molecule has 41 heavy (non-hydrogen) atoms. The molecule has 12 nitrogen and oxygen atoms in total. The van der Waals surface area contributed by atoms with E-state index in [1.165, 1.54) is 36.4 Å². The van der Waals surface area contributed by atoms with E-state index in [-0.39, 0.29) is 39.8 Å². The number of aliphatic imine (C=N–C) groups is 1. The van der Waals surface area contributed by atoms with Gasteiger partial charge in [-0.3, -0.25) is 20.1 Å². The summed E-state index contributed by atoms with van der Waals surface area (Å²) in [5.74, 6) is -6.60. The standard InChI is InChI=1S/C26H25F2N5O7S/c1-33-9-8-31-25(33)16-12-15(41(36,37)10-7-21(35)38-2)4-6-19(16)39-23-17(27)13-32-26(22(23)28)40-20-11-14(24(29)30)3-5-18(20)34/h3-6,8,11-13,25,34H,7,9-10H2,1-2H3,(H3,29,30). The molecule has 4 rings (SSSR count). The van der Waals surface area contributed by atoms with E-state index in [0.717, 1.165) is 7.11 Å². The third kappa shape index (κ3) is 6.41. The summed E-state index contributed by atoms with van der Waals surface area (Å²) in [6.45, 7) is 0.419. The maximum absolute atomic E-state index is 15.5. The topological polar surface area (TPSA) is 177 Å². The molecular formula is C26H25F2N5O7S. The number of halogens is 2. The molecular weight excluding hydrogens is 564 g/mol. The largest absolute Gasteiger partial charge is 0.504 e. The molecule has 2 heterocycles. The number of methoxy groups -OCH3 is 1. The first kappa shape index (κ1) is 29.4. The molecule has 4 N–H and O–H groups in total. The van der Waals surface area contributed by atoms with Crippen molar-refractivity contribution >= 4 is 27.9 Å². The number of aromatic nitrogens is 1. The fraction of sp³-hybridized carbons (Fsp3) is 0.231. The molecule has 0 bridgehead atoms. The van der Waals surface area contributed by atoms with Gasteiger partial charge in [-0.25, -0.2) is 17.8 Å². The molecule has 216 valence electrons. The van der Waals surface area contributed by atoms with Gasteiger partial charge in [0.2, 0.25) is 11.6 Å². The summed E-state index contributed by atoms with van der Waals surface area (Å²) in [4.78, 5) is 21.0. The summed E-state index contributed by atoms with van der Waals surface area (Å²) in [5.41, 5.74) is 5.81. The second kappa shape index (κ2) is 11.9. The van der Waals surface area contributed by atoms with Crippen molar-refractivity contribution in [2.24, 2.45) is 10.7 Å². The van der Waals surface area contributed by atoms with Crippen molar-refractivity contribution in [3.63, 3.8) is 0 Å². The predicted octanol–water partition coefficient (Wildman–Crippen LogP) is 3.29. The number of aromatic hydroxyl groups is 1. The Balaban J connectivity index is 1.72. The molecule has 0 radical (unpaired) electrons. The monoisotopic (exact) mass is 589 g/mol. The second-order valence-electron chi connectivity index (χ2n) is 8.84. The number of esters is 1.